The van der Waals surface area contributed by atoms with Crippen LogP contribution in [0.5, 0.6) is 0 Å². The van der Waals surface area contributed by atoms with Crippen LogP contribution in [0.4, 0.5) is 5.69 Å². The monoisotopic (exact) mass is 296 g/mol. The van der Waals surface area contributed by atoms with E-state index in [1.807, 2.05) is 31.2 Å². The van der Waals surface area contributed by atoms with Gasteiger partial charge in [0.15, 0.2) is 0 Å². The molecule has 1 aromatic rings. The average molecular weight is 296 g/mol. The van der Waals surface area contributed by atoms with Crippen molar-refractivity contribution < 1.29 is 8.42 Å². The van der Waals surface area contributed by atoms with Gasteiger partial charge in [0.2, 0.25) is 10.0 Å². The quantitative estimate of drug-likeness (QED) is 0.906. The van der Waals surface area contributed by atoms with E-state index < -0.39 is 10.0 Å². The molecule has 1 aromatic carbocycles. The van der Waals surface area contributed by atoms with Crippen LogP contribution in [-0.2, 0) is 10.0 Å². The van der Waals surface area contributed by atoms with E-state index >= 15 is 0 Å². The van der Waals surface area contributed by atoms with Crippen LogP contribution in [0.15, 0.2) is 24.3 Å². The molecule has 1 N–H and O–H groups in total. The van der Waals surface area contributed by atoms with Gasteiger partial charge in [0, 0.05) is 7.05 Å². The minimum atomic E-state index is -3.22. The first kappa shape index (κ1) is 15.3. The van der Waals surface area contributed by atoms with Gasteiger partial charge in [-0.05, 0) is 62.9 Å². The molecule has 112 valence electrons. The maximum atomic E-state index is 12.4. The lowest BCUT2D eigenvalue weighted by molar-refractivity contribution is 0.365. The average Bonchev–Trinajstić information content (AvgIpc) is 2.45. The molecule has 2 rings (SSSR count). The number of anilines is 1. The number of piperidine rings is 1. The van der Waals surface area contributed by atoms with Crippen molar-refractivity contribution in [2.45, 2.75) is 26.2 Å². The molecule has 0 atom stereocenters. The summed E-state index contributed by atoms with van der Waals surface area (Å²) in [5.74, 6) is 0.777. The van der Waals surface area contributed by atoms with Crippen molar-refractivity contribution in [1.82, 2.24) is 5.32 Å². The third-order valence-corrected chi connectivity index (χ3v) is 5.82. The summed E-state index contributed by atoms with van der Waals surface area (Å²) in [6, 6.07) is 7.61. The van der Waals surface area contributed by atoms with Gasteiger partial charge < -0.3 is 5.32 Å². The lowest BCUT2D eigenvalue weighted by atomic mass is 9.96. The predicted octanol–water partition coefficient (Wildman–Crippen LogP) is 2.15. The largest absolute Gasteiger partial charge is 0.317 e. The van der Waals surface area contributed by atoms with Crippen LogP contribution < -0.4 is 9.62 Å². The molecule has 0 unspecified atom stereocenters. The second kappa shape index (κ2) is 6.59. The van der Waals surface area contributed by atoms with Crippen molar-refractivity contribution >= 4 is 15.7 Å². The third-order valence-electron chi connectivity index (χ3n) is 4.03. The van der Waals surface area contributed by atoms with Crippen molar-refractivity contribution in [3.63, 3.8) is 0 Å². The standard InChI is InChI=1S/C15H24N2O2S/c1-13-4-3-5-15(12-13)17(2)20(18,19)11-8-14-6-9-16-10-7-14/h3-5,12,14,16H,6-11H2,1-2H3. The Morgan fingerprint density at radius 1 is 1.30 bits per heavy atom. The Kier molecular flexibility index (Phi) is 5.05. The summed E-state index contributed by atoms with van der Waals surface area (Å²) in [4.78, 5) is 0. The maximum Gasteiger partial charge on any atom is 0.234 e. The van der Waals surface area contributed by atoms with E-state index in [0.29, 0.717) is 5.92 Å². The number of rotatable bonds is 5. The van der Waals surface area contributed by atoms with Crippen LogP contribution >= 0.6 is 0 Å². The van der Waals surface area contributed by atoms with Gasteiger partial charge in [-0.1, -0.05) is 12.1 Å². The number of sulfonamides is 1. The minimum absolute atomic E-state index is 0.238. The van der Waals surface area contributed by atoms with Gasteiger partial charge >= 0.3 is 0 Å². The lowest BCUT2D eigenvalue weighted by Gasteiger charge is -2.24. The lowest BCUT2D eigenvalue weighted by Crippen LogP contribution is -2.32. The van der Waals surface area contributed by atoms with E-state index in [4.69, 9.17) is 0 Å². The second-order valence-corrected chi connectivity index (χ2v) is 7.72. The van der Waals surface area contributed by atoms with Crippen molar-refractivity contribution in [3.05, 3.63) is 29.8 Å². The molecule has 0 spiro atoms. The van der Waals surface area contributed by atoms with Gasteiger partial charge in [0.1, 0.15) is 0 Å². The van der Waals surface area contributed by atoms with Crippen molar-refractivity contribution in [1.29, 1.82) is 0 Å². The fourth-order valence-corrected chi connectivity index (χ4v) is 3.95. The summed E-state index contributed by atoms with van der Waals surface area (Å²) in [5.41, 5.74) is 1.82. The first-order valence-electron chi connectivity index (χ1n) is 7.23. The van der Waals surface area contributed by atoms with Crippen molar-refractivity contribution in [3.8, 4) is 0 Å². The zero-order valence-electron chi connectivity index (χ0n) is 12.3. The van der Waals surface area contributed by atoms with Crippen molar-refractivity contribution in [2.75, 3.05) is 30.2 Å². The highest BCUT2D eigenvalue weighted by molar-refractivity contribution is 7.92. The third kappa shape index (κ3) is 3.96. The smallest absolute Gasteiger partial charge is 0.234 e. The predicted molar refractivity (Wildman–Crippen MR) is 83.6 cm³/mol. The summed E-state index contributed by atoms with van der Waals surface area (Å²) in [7, 11) is -1.57. The summed E-state index contributed by atoms with van der Waals surface area (Å²) in [5, 5.41) is 3.31. The molecule has 1 aliphatic heterocycles. The van der Waals surface area contributed by atoms with E-state index in [9.17, 15) is 8.42 Å². The van der Waals surface area contributed by atoms with Crippen molar-refractivity contribution in [2.24, 2.45) is 5.92 Å². The van der Waals surface area contributed by atoms with E-state index in [0.717, 1.165) is 43.6 Å². The van der Waals surface area contributed by atoms with Gasteiger partial charge in [0.05, 0.1) is 11.4 Å². The second-order valence-electron chi connectivity index (χ2n) is 5.60. The zero-order chi connectivity index (χ0) is 14.6. The number of hydrogen-bond acceptors (Lipinski definition) is 3. The number of nitrogens with one attached hydrogen (secondary N) is 1. The Bertz CT molecular complexity index is 537. The highest BCUT2D eigenvalue weighted by atomic mass is 32.2. The topological polar surface area (TPSA) is 49.4 Å². The Labute approximate surface area is 122 Å². The van der Waals surface area contributed by atoms with Crippen LogP contribution in [0.1, 0.15) is 24.8 Å². The van der Waals surface area contributed by atoms with Gasteiger partial charge in [-0.25, -0.2) is 8.42 Å². The molecule has 20 heavy (non-hydrogen) atoms. The van der Waals surface area contributed by atoms with Crippen LogP contribution in [-0.4, -0.2) is 34.3 Å². The van der Waals surface area contributed by atoms with Crippen LogP contribution in [0.25, 0.3) is 0 Å². The number of benzene rings is 1. The molecule has 0 bridgehead atoms. The zero-order valence-corrected chi connectivity index (χ0v) is 13.1. The number of hydrogen-bond donors (Lipinski definition) is 1. The summed E-state index contributed by atoms with van der Waals surface area (Å²) < 4.78 is 26.2. The minimum Gasteiger partial charge on any atom is -0.317 e. The Morgan fingerprint density at radius 3 is 2.65 bits per heavy atom. The van der Waals surface area contributed by atoms with E-state index in [2.05, 4.69) is 5.32 Å². The van der Waals surface area contributed by atoms with E-state index in [1.54, 1.807) is 7.05 Å². The maximum absolute atomic E-state index is 12.4. The molecular formula is C15H24N2O2S. The number of aryl methyl sites for hydroxylation is 1. The van der Waals surface area contributed by atoms with Crippen LogP contribution in [0.3, 0.4) is 0 Å². The highest BCUT2D eigenvalue weighted by Crippen LogP contribution is 2.21. The summed E-state index contributed by atoms with van der Waals surface area (Å²) in [6.45, 7) is 4.00. The molecule has 5 heteroatoms. The molecule has 0 aliphatic carbocycles. The first-order chi connectivity index (χ1) is 9.49. The SMILES string of the molecule is Cc1cccc(N(C)S(=O)(=O)CCC2CCNCC2)c1. The molecule has 1 heterocycles. The Morgan fingerprint density at radius 2 is 2.00 bits per heavy atom. The molecule has 1 aliphatic rings. The molecular weight excluding hydrogens is 272 g/mol. The molecule has 0 amide bonds. The van der Waals surface area contributed by atoms with Gasteiger partial charge in [-0.3, -0.25) is 4.31 Å². The van der Waals surface area contributed by atoms with Gasteiger partial charge in [0.25, 0.3) is 0 Å². The highest BCUT2D eigenvalue weighted by Gasteiger charge is 2.21. The first-order valence-corrected chi connectivity index (χ1v) is 8.84. The molecule has 0 radical (unpaired) electrons. The van der Waals surface area contributed by atoms with Gasteiger partial charge in [-0.15, -0.1) is 0 Å². The molecule has 1 saturated heterocycles. The van der Waals surface area contributed by atoms with E-state index in [1.165, 1.54) is 4.31 Å². The Hall–Kier alpha value is -1.07. The molecule has 1 fully saturated rings. The Balaban J connectivity index is 1.98. The molecule has 4 nitrogen and oxygen atoms in total. The van der Waals surface area contributed by atoms with Crippen LogP contribution in [0.2, 0.25) is 0 Å². The summed E-state index contributed by atoms with van der Waals surface area (Å²) >= 11 is 0. The van der Waals surface area contributed by atoms with E-state index in [-0.39, 0.29) is 5.75 Å². The fraction of sp³-hybridized carbons (Fsp3) is 0.600. The van der Waals surface area contributed by atoms with Gasteiger partial charge in [-0.2, -0.15) is 0 Å². The van der Waals surface area contributed by atoms with Crippen LogP contribution in [0, 0.1) is 12.8 Å². The number of nitrogens with zero attached hydrogens (tertiary/aromatic N) is 1. The molecule has 0 aromatic heterocycles. The molecule has 0 saturated carbocycles. The normalized spacial score (nSPS) is 17.1. The summed E-state index contributed by atoms with van der Waals surface area (Å²) in [6.07, 6.45) is 2.94. The fourth-order valence-electron chi connectivity index (χ4n) is 2.61.